The Kier molecular flexibility index (Phi) is 7.51. The summed E-state index contributed by atoms with van der Waals surface area (Å²) >= 11 is 0. The van der Waals surface area contributed by atoms with E-state index in [1.54, 1.807) is 0 Å². The molecule has 2 heterocycles. The average molecular weight is 621 g/mol. The van der Waals surface area contributed by atoms with Crippen molar-refractivity contribution in [1.82, 2.24) is 4.57 Å². The summed E-state index contributed by atoms with van der Waals surface area (Å²) < 4.78 is 8.84. The lowest BCUT2D eigenvalue weighted by molar-refractivity contribution is 0.670. The van der Waals surface area contributed by atoms with Crippen molar-refractivity contribution in [2.45, 2.75) is 13.3 Å². The summed E-state index contributed by atoms with van der Waals surface area (Å²) in [4.78, 5) is 2.35. The van der Waals surface area contributed by atoms with Crippen molar-refractivity contribution in [2.24, 2.45) is 0 Å². The van der Waals surface area contributed by atoms with E-state index in [0.29, 0.717) is 6.54 Å². The molecule has 0 saturated carbocycles. The fraction of sp³-hybridized carbons (Fsp3) is 0.0667. The third-order valence-electron chi connectivity index (χ3n) is 9.26. The maximum atomic E-state index is 6.50. The van der Waals surface area contributed by atoms with Gasteiger partial charge >= 0.3 is 0 Å². The number of allylic oxidation sites excluding steroid dienone is 8. The lowest BCUT2D eigenvalue weighted by Gasteiger charge is -2.29. The van der Waals surface area contributed by atoms with Crippen LogP contribution in [0.25, 0.3) is 60.6 Å². The first-order valence-corrected chi connectivity index (χ1v) is 16.5. The van der Waals surface area contributed by atoms with Crippen LogP contribution in [-0.2, 0) is 0 Å². The Morgan fingerprint density at radius 2 is 1.35 bits per heavy atom. The minimum absolute atomic E-state index is 0.618. The molecule has 0 fully saturated rings. The van der Waals surface area contributed by atoms with Crippen LogP contribution in [0.3, 0.4) is 0 Å². The highest BCUT2D eigenvalue weighted by molar-refractivity contribution is 6.11. The minimum Gasteiger partial charge on any atom is -0.455 e. The van der Waals surface area contributed by atoms with Crippen molar-refractivity contribution in [3.05, 3.63) is 182 Å². The zero-order valence-corrected chi connectivity index (χ0v) is 27.1. The van der Waals surface area contributed by atoms with Crippen molar-refractivity contribution in [2.75, 3.05) is 11.4 Å². The van der Waals surface area contributed by atoms with E-state index in [0.717, 1.165) is 67.7 Å². The van der Waals surface area contributed by atoms with Gasteiger partial charge < -0.3 is 13.9 Å². The van der Waals surface area contributed by atoms with Gasteiger partial charge in [-0.1, -0.05) is 122 Å². The molecule has 7 aromatic rings. The smallest absolute Gasteiger partial charge is 0.143 e. The predicted octanol–water partition coefficient (Wildman–Crippen LogP) is 12.2. The van der Waals surface area contributed by atoms with E-state index in [9.17, 15) is 0 Å². The normalized spacial score (nSPS) is 13.6. The molecular weight excluding hydrogens is 585 g/mol. The molecular formula is C45H36N2O. The zero-order valence-electron chi connectivity index (χ0n) is 27.1. The summed E-state index contributed by atoms with van der Waals surface area (Å²) in [6.07, 6.45) is 13.9. The van der Waals surface area contributed by atoms with E-state index in [4.69, 9.17) is 4.42 Å². The van der Waals surface area contributed by atoms with Crippen molar-refractivity contribution < 1.29 is 4.42 Å². The first kappa shape index (κ1) is 29.3. The van der Waals surface area contributed by atoms with Crippen LogP contribution in [0.5, 0.6) is 0 Å². The summed E-state index contributed by atoms with van der Waals surface area (Å²) in [5.41, 5.74) is 11.6. The van der Waals surface area contributed by atoms with E-state index in [1.165, 1.54) is 21.8 Å². The van der Waals surface area contributed by atoms with Crippen LogP contribution in [0, 0.1) is 0 Å². The quantitative estimate of drug-likeness (QED) is 0.124. The predicted molar refractivity (Wildman–Crippen MR) is 205 cm³/mol. The molecule has 0 saturated heterocycles. The number of para-hydroxylation sites is 5. The molecule has 1 aliphatic rings. The van der Waals surface area contributed by atoms with Gasteiger partial charge in [-0.3, -0.25) is 0 Å². The SMILES string of the molecule is C=CCN(C1=C(C(=C)/C=C(\C)n2c3ccccc3c3ccccc32)C=CCC=C1)c1ccccc1-c1cccc2c1oc1ccccc12. The summed E-state index contributed by atoms with van der Waals surface area (Å²) in [5.74, 6) is 0. The molecule has 1 aliphatic carbocycles. The third-order valence-corrected chi connectivity index (χ3v) is 9.26. The summed E-state index contributed by atoms with van der Waals surface area (Å²) in [6, 6.07) is 40.5. The second-order valence-electron chi connectivity index (χ2n) is 12.2. The number of furan rings is 1. The van der Waals surface area contributed by atoms with Gasteiger partial charge in [-0.2, -0.15) is 0 Å². The van der Waals surface area contributed by atoms with Crippen molar-refractivity contribution in [3.8, 4) is 11.1 Å². The number of benzene rings is 5. The Balaban J connectivity index is 1.28. The fourth-order valence-corrected chi connectivity index (χ4v) is 7.17. The Morgan fingerprint density at radius 3 is 2.12 bits per heavy atom. The molecule has 232 valence electrons. The Morgan fingerprint density at radius 1 is 0.729 bits per heavy atom. The summed E-state index contributed by atoms with van der Waals surface area (Å²) in [5, 5.41) is 4.73. The van der Waals surface area contributed by atoms with E-state index in [-0.39, 0.29) is 0 Å². The van der Waals surface area contributed by atoms with Crippen LogP contribution in [0.4, 0.5) is 5.69 Å². The van der Waals surface area contributed by atoms with Gasteiger partial charge in [0.25, 0.3) is 0 Å². The molecule has 3 heteroatoms. The molecule has 2 aromatic heterocycles. The van der Waals surface area contributed by atoms with Crippen molar-refractivity contribution in [3.63, 3.8) is 0 Å². The molecule has 0 atom stereocenters. The van der Waals surface area contributed by atoms with Crippen LogP contribution >= 0.6 is 0 Å². The van der Waals surface area contributed by atoms with Gasteiger partial charge in [-0.15, -0.1) is 6.58 Å². The lowest BCUT2D eigenvalue weighted by Crippen LogP contribution is -2.23. The van der Waals surface area contributed by atoms with Crippen LogP contribution in [0.15, 0.2) is 186 Å². The minimum atomic E-state index is 0.618. The molecule has 0 unspecified atom stereocenters. The third kappa shape index (κ3) is 4.92. The molecule has 3 nitrogen and oxygen atoms in total. The number of anilines is 1. The van der Waals surface area contributed by atoms with Crippen LogP contribution < -0.4 is 4.90 Å². The second kappa shape index (κ2) is 12.3. The number of hydrogen-bond donors (Lipinski definition) is 0. The van der Waals surface area contributed by atoms with E-state index < -0.39 is 0 Å². The van der Waals surface area contributed by atoms with E-state index in [2.05, 4.69) is 163 Å². The average Bonchev–Trinajstić information content (AvgIpc) is 3.56. The topological polar surface area (TPSA) is 21.3 Å². The van der Waals surface area contributed by atoms with Gasteiger partial charge in [0, 0.05) is 61.9 Å². The summed E-state index contributed by atoms with van der Waals surface area (Å²) in [6.45, 7) is 11.6. The monoisotopic (exact) mass is 620 g/mol. The summed E-state index contributed by atoms with van der Waals surface area (Å²) in [7, 11) is 0. The zero-order chi connectivity index (χ0) is 32.6. The molecule has 0 radical (unpaired) electrons. The highest BCUT2D eigenvalue weighted by atomic mass is 16.3. The van der Waals surface area contributed by atoms with Crippen LogP contribution in [0.1, 0.15) is 13.3 Å². The molecule has 48 heavy (non-hydrogen) atoms. The Hall–Kier alpha value is -6.06. The number of fused-ring (bicyclic) bond motifs is 6. The van der Waals surface area contributed by atoms with Gasteiger partial charge in [0.2, 0.25) is 0 Å². The van der Waals surface area contributed by atoms with Crippen LogP contribution in [-0.4, -0.2) is 11.1 Å². The Labute approximate surface area is 281 Å². The highest BCUT2D eigenvalue weighted by Gasteiger charge is 2.21. The number of rotatable bonds is 8. The van der Waals surface area contributed by atoms with Gasteiger partial charge in [-0.25, -0.2) is 0 Å². The first-order valence-electron chi connectivity index (χ1n) is 16.5. The van der Waals surface area contributed by atoms with Gasteiger partial charge in [-0.05, 0) is 55.3 Å². The van der Waals surface area contributed by atoms with E-state index >= 15 is 0 Å². The first-order chi connectivity index (χ1) is 23.6. The standard InChI is InChI=1S/C45H36N2O/c1-4-29-46(41-25-12-8-20-36(41)38-22-16-23-39-37-21-11-15-28-44(37)48-45(38)39)40-24-7-5-6-17-33(40)31(2)30-32(3)47-42-26-13-9-18-34(42)35-19-10-14-27-43(35)47/h4,6-28,30H,1-2,5,29H2,3H3/b32-30+. The maximum Gasteiger partial charge on any atom is 0.143 e. The van der Waals surface area contributed by atoms with Crippen molar-refractivity contribution >= 4 is 55.1 Å². The fourth-order valence-electron chi connectivity index (χ4n) is 7.17. The molecule has 5 aromatic carbocycles. The lowest BCUT2D eigenvalue weighted by atomic mass is 9.98. The highest BCUT2D eigenvalue weighted by Crippen LogP contribution is 2.41. The molecule has 0 spiro atoms. The van der Waals surface area contributed by atoms with Gasteiger partial charge in [0.15, 0.2) is 0 Å². The van der Waals surface area contributed by atoms with Crippen molar-refractivity contribution in [1.29, 1.82) is 0 Å². The molecule has 0 aliphatic heterocycles. The maximum absolute atomic E-state index is 6.50. The number of hydrogen-bond acceptors (Lipinski definition) is 2. The second-order valence-corrected chi connectivity index (χ2v) is 12.2. The molecule has 0 bridgehead atoms. The molecule has 0 N–H and O–H groups in total. The molecule has 8 rings (SSSR count). The Bertz CT molecular complexity index is 2460. The molecule has 0 amide bonds. The number of nitrogens with zero attached hydrogens (tertiary/aromatic N) is 2. The van der Waals surface area contributed by atoms with Crippen LogP contribution in [0.2, 0.25) is 0 Å². The largest absolute Gasteiger partial charge is 0.455 e. The number of aromatic nitrogens is 1. The van der Waals surface area contributed by atoms with E-state index in [1.807, 2.05) is 18.2 Å². The van der Waals surface area contributed by atoms with Gasteiger partial charge in [0.1, 0.15) is 11.2 Å². The van der Waals surface area contributed by atoms with Gasteiger partial charge in [0.05, 0.1) is 11.0 Å².